The maximum Gasteiger partial charge on any atom is 0.243 e. The van der Waals surface area contributed by atoms with Gasteiger partial charge in [0.15, 0.2) is 0 Å². The van der Waals surface area contributed by atoms with Crippen molar-refractivity contribution in [3.8, 4) is 0 Å². The molecule has 1 aromatic heterocycles. The van der Waals surface area contributed by atoms with Gasteiger partial charge in [-0.25, -0.2) is 13.4 Å². The average Bonchev–Trinajstić information content (AvgIpc) is 3.05. The van der Waals surface area contributed by atoms with Gasteiger partial charge in [0.25, 0.3) is 0 Å². The number of aryl methyl sites for hydroxylation is 1. The molecule has 1 aliphatic rings. The number of aromatic nitrogens is 1. The summed E-state index contributed by atoms with van der Waals surface area (Å²) in [5, 5.41) is 0.906. The molecule has 0 unspecified atom stereocenters. The molecule has 0 aliphatic carbocycles. The van der Waals surface area contributed by atoms with Crippen LogP contribution in [0.3, 0.4) is 0 Å². The lowest BCUT2D eigenvalue weighted by Crippen LogP contribution is -2.31. The zero-order valence-electron chi connectivity index (χ0n) is 13.3. The summed E-state index contributed by atoms with van der Waals surface area (Å²) in [6.07, 6.45) is 5.44. The lowest BCUT2D eigenvalue weighted by molar-refractivity contribution is 0.391. The third-order valence-corrected chi connectivity index (χ3v) is 6.83. The number of pyridine rings is 1. The highest BCUT2D eigenvalue weighted by atomic mass is 32.2. The summed E-state index contributed by atoms with van der Waals surface area (Å²) in [5.41, 5.74) is 2.06. The van der Waals surface area contributed by atoms with Gasteiger partial charge in [0.2, 0.25) is 10.0 Å². The van der Waals surface area contributed by atoms with Crippen LogP contribution in [0.1, 0.15) is 30.0 Å². The quantitative estimate of drug-likeness (QED) is 0.792. The maximum atomic E-state index is 13.0. The number of sulfonamides is 1. The van der Waals surface area contributed by atoms with Gasteiger partial charge in [0.1, 0.15) is 5.03 Å². The molecule has 122 valence electrons. The molecule has 6 heteroatoms. The Labute approximate surface area is 142 Å². The fourth-order valence-corrected chi connectivity index (χ4v) is 5.29. The van der Waals surface area contributed by atoms with Crippen LogP contribution in [0.25, 0.3) is 0 Å². The van der Waals surface area contributed by atoms with Gasteiger partial charge in [0.05, 0.1) is 10.9 Å². The van der Waals surface area contributed by atoms with E-state index in [2.05, 4.69) is 4.98 Å². The number of nitrogens with zero attached hydrogens (tertiary/aromatic N) is 2. The Morgan fingerprint density at radius 1 is 1.22 bits per heavy atom. The minimum Gasteiger partial charge on any atom is -0.250 e. The van der Waals surface area contributed by atoms with E-state index in [-0.39, 0.29) is 6.04 Å². The van der Waals surface area contributed by atoms with E-state index >= 15 is 0 Å². The van der Waals surface area contributed by atoms with E-state index in [9.17, 15) is 8.42 Å². The molecule has 1 fully saturated rings. The zero-order valence-corrected chi connectivity index (χ0v) is 14.9. The van der Waals surface area contributed by atoms with Crippen LogP contribution in [0.4, 0.5) is 0 Å². The molecule has 4 nitrogen and oxygen atoms in total. The minimum absolute atomic E-state index is 0.127. The van der Waals surface area contributed by atoms with Crippen LogP contribution >= 0.6 is 11.8 Å². The highest BCUT2D eigenvalue weighted by Gasteiger charge is 2.37. The van der Waals surface area contributed by atoms with Gasteiger partial charge >= 0.3 is 0 Å². The first kappa shape index (κ1) is 16.5. The molecule has 0 bridgehead atoms. The van der Waals surface area contributed by atoms with Crippen molar-refractivity contribution in [3.63, 3.8) is 0 Å². The monoisotopic (exact) mass is 348 g/mol. The summed E-state index contributed by atoms with van der Waals surface area (Å²) in [5.74, 6) is 0. The van der Waals surface area contributed by atoms with E-state index in [1.807, 2.05) is 37.4 Å². The maximum absolute atomic E-state index is 13.0. The Morgan fingerprint density at radius 3 is 2.65 bits per heavy atom. The molecule has 1 aliphatic heterocycles. The molecule has 0 saturated carbocycles. The molecule has 3 rings (SSSR count). The zero-order chi connectivity index (χ0) is 16.4. The Morgan fingerprint density at radius 2 is 1.96 bits per heavy atom. The lowest BCUT2D eigenvalue weighted by Gasteiger charge is -2.25. The SMILES string of the molecule is CSc1ncccc1[C@H]1CCCN1S(=O)(=O)c1ccc(C)cc1. The first-order valence-corrected chi connectivity index (χ1v) is 10.3. The number of hydrogen-bond donors (Lipinski definition) is 0. The average molecular weight is 348 g/mol. The van der Waals surface area contributed by atoms with Crippen molar-refractivity contribution < 1.29 is 8.42 Å². The van der Waals surface area contributed by atoms with Crippen LogP contribution in [-0.4, -0.2) is 30.5 Å². The second-order valence-electron chi connectivity index (χ2n) is 5.69. The van der Waals surface area contributed by atoms with Gasteiger partial charge in [-0.05, 0) is 44.2 Å². The van der Waals surface area contributed by atoms with E-state index in [4.69, 9.17) is 0 Å². The normalized spacial score (nSPS) is 19.1. The molecule has 1 aromatic carbocycles. The Hall–Kier alpha value is -1.37. The van der Waals surface area contributed by atoms with Crippen molar-refractivity contribution in [1.82, 2.24) is 9.29 Å². The molecule has 0 N–H and O–H groups in total. The van der Waals surface area contributed by atoms with Gasteiger partial charge in [-0.15, -0.1) is 11.8 Å². The first-order chi connectivity index (χ1) is 11.0. The number of thioether (sulfide) groups is 1. The summed E-state index contributed by atoms with van der Waals surface area (Å²) in [7, 11) is -3.48. The summed E-state index contributed by atoms with van der Waals surface area (Å²) >= 11 is 1.56. The molecule has 23 heavy (non-hydrogen) atoms. The predicted octanol–water partition coefficient (Wildman–Crippen LogP) is 3.64. The standard InChI is InChI=1S/C17H20N2O2S2/c1-13-7-9-14(10-8-13)23(20,21)19-12-4-6-16(19)15-5-3-11-18-17(15)22-2/h3,5,7-11,16H,4,6,12H2,1-2H3/t16-/m1/s1. The van der Waals surface area contributed by atoms with Crippen LogP contribution in [-0.2, 0) is 10.0 Å². The van der Waals surface area contributed by atoms with Gasteiger partial charge in [-0.2, -0.15) is 4.31 Å². The van der Waals surface area contributed by atoms with Crippen molar-refractivity contribution in [2.24, 2.45) is 0 Å². The molecule has 2 heterocycles. The van der Waals surface area contributed by atoms with Crippen molar-refractivity contribution in [2.45, 2.75) is 35.7 Å². The second kappa shape index (κ2) is 6.63. The third kappa shape index (κ3) is 3.16. The van der Waals surface area contributed by atoms with Gasteiger partial charge in [-0.1, -0.05) is 23.8 Å². The largest absolute Gasteiger partial charge is 0.250 e. The smallest absolute Gasteiger partial charge is 0.243 e. The predicted molar refractivity (Wildman–Crippen MR) is 93.1 cm³/mol. The fourth-order valence-electron chi connectivity index (χ4n) is 3.01. The van der Waals surface area contributed by atoms with Gasteiger partial charge in [0, 0.05) is 18.3 Å². The van der Waals surface area contributed by atoms with Crippen LogP contribution in [0, 0.1) is 6.92 Å². The Balaban J connectivity index is 1.99. The van der Waals surface area contributed by atoms with Crippen molar-refractivity contribution in [3.05, 3.63) is 53.7 Å². The molecule has 0 radical (unpaired) electrons. The van der Waals surface area contributed by atoms with Gasteiger partial charge < -0.3 is 0 Å². The molecule has 2 aromatic rings. The number of hydrogen-bond acceptors (Lipinski definition) is 4. The van der Waals surface area contributed by atoms with E-state index in [0.717, 1.165) is 29.0 Å². The number of rotatable bonds is 4. The van der Waals surface area contributed by atoms with E-state index < -0.39 is 10.0 Å². The number of benzene rings is 1. The summed E-state index contributed by atoms with van der Waals surface area (Å²) in [4.78, 5) is 4.75. The van der Waals surface area contributed by atoms with E-state index in [0.29, 0.717) is 11.4 Å². The molecular formula is C17H20N2O2S2. The molecular weight excluding hydrogens is 328 g/mol. The lowest BCUT2D eigenvalue weighted by atomic mass is 10.1. The molecule has 0 amide bonds. The first-order valence-electron chi connectivity index (χ1n) is 7.61. The van der Waals surface area contributed by atoms with Crippen LogP contribution in [0.2, 0.25) is 0 Å². The third-order valence-electron chi connectivity index (χ3n) is 4.18. The van der Waals surface area contributed by atoms with E-state index in [1.165, 1.54) is 0 Å². The van der Waals surface area contributed by atoms with Crippen molar-refractivity contribution >= 4 is 21.8 Å². The summed E-state index contributed by atoms with van der Waals surface area (Å²) < 4.78 is 27.7. The van der Waals surface area contributed by atoms with Gasteiger partial charge in [-0.3, -0.25) is 0 Å². The van der Waals surface area contributed by atoms with Crippen LogP contribution in [0.5, 0.6) is 0 Å². The summed E-state index contributed by atoms with van der Waals surface area (Å²) in [6.45, 7) is 2.51. The Kier molecular flexibility index (Phi) is 4.75. The van der Waals surface area contributed by atoms with Crippen molar-refractivity contribution in [1.29, 1.82) is 0 Å². The molecule has 0 spiro atoms. The highest BCUT2D eigenvalue weighted by molar-refractivity contribution is 7.98. The highest BCUT2D eigenvalue weighted by Crippen LogP contribution is 2.39. The summed E-state index contributed by atoms with van der Waals surface area (Å²) in [6, 6.07) is 10.8. The van der Waals surface area contributed by atoms with Crippen LogP contribution < -0.4 is 0 Å². The second-order valence-corrected chi connectivity index (χ2v) is 8.37. The van der Waals surface area contributed by atoms with Crippen LogP contribution in [0.15, 0.2) is 52.5 Å². The van der Waals surface area contributed by atoms with E-state index in [1.54, 1.807) is 34.4 Å². The van der Waals surface area contributed by atoms with Crippen molar-refractivity contribution in [2.75, 3.05) is 12.8 Å². The Bertz CT molecular complexity index is 788. The topological polar surface area (TPSA) is 50.3 Å². The fraction of sp³-hybridized carbons (Fsp3) is 0.353. The molecule has 1 atom stereocenters. The minimum atomic E-state index is -3.48. The molecule has 1 saturated heterocycles.